The number of fused-ring (bicyclic) bond motifs is 8. The summed E-state index contributed by atoms with van der Waals surface area (Å²) in [5.74, 6) is 0.368. The van der Waals surface area contributed by atoms with Gasteiger partial charge in [0.15, 0.2) is 0 Å². The minimum Gasteiger partial charge on any atom is -0.668 e. The van der Waals surface area contributed by atoms with Crippen LogP contribution in [0.1, 0.15) is 116 Å². The molecule has 4 aromatic rings. The summed E-state index contributed by atoms with van der Waals surface area (Å²) in [5, 5.41) is 7.00. The molecule has 51 heavy (non-hydrogen) atoms. The van der Waals surface area contributed by atoms with E-state index in [-0.39, 0.29) is 10.8 Å². The van der Waals surface area contributed by atoms with E-state index in [4.69, 9.17) is 0 Å². The largest absolute Gasteiger partial charge is 0.668 e. The van der Waals surface area contributed by atoms with Crippen LogP contribution in [0.25, 0.3) is 44.0 Å². The van der Waals surface area contributed by atoms with Crippen LogP contribution >= 0.6 is 0 Å². The fourth-order valence-electron chi connectivity index (χ4n) is 8.48. The second kappa shape index (κ2) is 16.0. The maximum Gasteiger partial charge on any atom is -0.162 e. The van der Waals surface area contributed by atoms with Crippen molar-refractivity contribution in [2.75, 3.05) is 28.2 Å². The van der Waals surface area contributed by atoms with Crippen LogP contribution < -0.4 is 0 Å². The molecule has 7 rings (SSSR count). The Bertz CT molecular complexity index is 1760. The van der Waals surface area contributed by atoms with Gasteiger partial charge in [-0.05, 0) is 0 Å². The van der Waals surface area contributed by atoms with E-state index in [9.17, 15) is 0 Å². The number of rotatable bonds is 4. The minimum atomic E-state index is -0.938. The molecule has 0 saturated carbocycles. The van der Waals surface area contributed by atoms with Gasteiger partial charge in [-0.2, -0.15) is 28.2 Å². The smallest absolute Gasteiger partial charge is 0.162 e. The number of allylic oxidation sites excluding steroid dienone is 4. The average molecular weight is 756 g/mol. The van der Waals surface area contributed by atoms with E-state index in [0.717, 1.165) is 12.8 Å². The van der Waals surface area contributed by atoms with Crippen molar-refractivity contribution in [1.82, 2.24) is 0 Å². The maximum atomic E-state index is 3.50. The van der Waals surface area contributed by atoms with Crippen molar-refractivity contribution in [2.45, 2.75) is 93.2 Å². The van der Waals surface area contributed by atoms with E-state index >= 15 is 0 Å². The summed E-state index contributed by atoms with van der Waals surface area (Å²) in [4.78, 5) is 0. The van der Waals surface area contributed by atoms with Crippen molar-refractivity contribution in [2.24, 2.45) is 5.92 Å². The van der Waals surface area contributed by atoms with Crippen LogP contribution in [0.15, 0.2) is 96.1 Å². The second-order valence-electron chi connectivity index (χ2n) is 16.4. The van der Waals surface area contributed by atoms with E-state index in [1.807, 2.05) is 0 Å². The molecule has 0 fully saturated rings. The predicted octanol–water partition coefficient (Wildman–Crippen LogP) is 13.7. The molecule has 2 nitrogen and oxygen atoms in total. The van der Waals surface area contributed by atoms with Crippen molar-refractivity contribution >= 4 is 11.1 Å². The average Bonchev–Trinajstić information content (AvgIpc) is 3.62. The summed E-state index contributed by atoms with van der Waals surface area (Å²) in [6.45, 7) is 21.2. The maximum absolute atomic E-state index is 3.50. The number of hydrogen-bond donors (Lipinski definition) is 0. The van der Waals surface area contributed by atoms with Gasteiger partial charge in [0.25, 0.3) is 0 Å². The quantitative estimate of drug-likeness (QED) is 0.198. The predicted molar refractivity (Wildman–Crippen MR) is 221 cm³/mol. The fourth-order valence-corrected chi connectivity index (χ4v) is 14.1. The molecule has 3 aliphatic rings. The first-order valence-electron chi connectivity index (χ1n) is 18.9. The van der Waals surface area contributed by atoms with Crippen molar-refractivity contribution in [3.8, 4) is 22.3 Å². The standard InChI is InChI=1S/C44H48.2C2H6N.Zr/c1-10-29-26-33-14-12-16-37(31-18-22-35(23-19-31)43(4,5)6)41(33)39(29)28(3)40-30(11-2)27-34-15-13-17-38(42(34)40)32-20-24-36(25-21-32)44(7,8)9;2*1-3-2;/h12-28H,10-11H2,1-9H3;2*1-2H3;/q;2*-1;+2. The zero-order chi connectivity index (χ0) is 37.2. The first-order chi connectivity index (χ1) is 24.3. The molecular weight excluding hydrogens is 696 g/mol. The van der Waals surface area contributed by atoms with Gasteiger partial charge in [0.2, 0.25) is 0 Å². The van der Waals surface area contributed by atoms with Gasteiger partial charge >= 0.3 is 285 Å². The van der Waals surface area contributed by atoms with Gasteiger partial charge in [0.1, 0.15) is 0 Å². The van der Waals surface area contributed by atoms with Gasteiger partial charge in [0.05, 0.1) is 0 Å². The molecular formula is C48H60N2Zr. The molecule has 3 heteroatoms. The Hall–Kier alpha value is -2.84. The zero-order valence-corrected chi connectivity index (χ0v) is 36.1. The van der Waals surface area contributed by atoms with Crippen LogP contribution in [0, 0.1) is 5.92 Å². The van der Waals surface area contributed by atoms with Gasteiger partial charge in [-0.15, -0.1) is 0 Å². The van der Waals surface area contributed by atoms with Crippen LogP contribution in [0.2, 0.25) is 0 Å². The summed E-state index contributed by atoms with van der Waals surface area (Å²) in [5.41, 5.74) is 21.9. The van der Waals surface area contributed by atoms with E-state index in [0.29, 0.717) is 13.2 Å². The Morgan fingerprint density at radius 3 is 1.16 bits per heavy atom. The first-order valence-corrected chi connectivity index (χ1v) is 21.8. The molecule has 0 N–H and O–H groups in total. The minimum absolute atomic E-state index is 0.156. The van der Waals surface area contributed by atoms with Crippen LogP contribution in [-0.2, 0) is 34.1 Å². The van der Waals surface area contributed by atoms with E-state index in [1.54, 1.807) is 72.7 Å². The molecule has 0 aromatic heterocycles. The Balaban J connectivity index is 0.000000787. The summed E-state index contributed by atoms with van der Waals surface area (Å²) in [6.07, 6.45) is 2.31. The third kappa shape index (κ3) is 7.51. The number of benzene rings is 4. The molecule has 0 spiro atoms. The molecule has 2 atom stereocenters. The zero-order valence-electron chi connectivity index (χ0n) is 33.6. The monoisotopic (exact) mass is 754 g/mol. The van der Waals surface area contributed by atoms with Crippen molar-refractivity contribution < 1.29 is 23.2 Å². The van der Waals surface area contributed by atoms with E-state index in [2.05, 4.69) is 158 Å². The molecule has 4 aromatic carbocycles. The third-order valence-electron chi connectivity index (χ3n) is 10.8. The Labute approximate surface area is 322 Å². The first kappa shape index (κ1) is 39.4. The number of hydrogen-bond acceptors (Lipinski definition) is 0. The van der Waals surface area contributed by atoms with Crippen molar-refractivity contribution in [3.05, 3.63) is 140 Å². The molecule has 4 bridgehead atoms. The van der Waals surface area contributed by atoms with Gasteiger partial charge in [0, 0.05) is 0 Å². The van der Waals surface area contributed by atoms with E-state index < -0.39 is 23.2 Å². The van der Waals surface area contributed by atoms with Gasteiger partial charge in [-0.25, -0.2) is 0 Å². The van der Waals surface area contributed by atoms with Crippen molar-refractivity contribution in [3.63, 3.8) is 0 Å². The molecule has 0 saturated heterocycles. The Morgan fingerprint density at radius 2 is 0.863 bits per heavy atom. The van der Waals surface area contributed by atoms with Crippen LogP contribution in [0.5, 0.6) is 0 Å². The topological polar surface area (TPSA) is 28.2 Å². The normalized spacial score (nSPS) is 18.6. The summed E-state index contributed by atoms with van der Waals surface area (Å²) in [6, 6.07) is 33.5. The van der Waals surface area contributed by atoms with E-state index in [1.165, 1.54) is 33.4 Å². The molecule has 2 aliphatic carbocycles. The molecule has 1 heterocycles. The molecule has 266 valence electrons. The molecule has 0 amide bonds. The second-order valence-corrected chi connectivity index (χ2v) is 20.1. The van der Waals surface area contributed by atoms with Crippen molar-refractivity contribution in [1.29, 1.82) is 0 Å². The van der Waals surface area contributed by atoms with Gasteiger partial charge in [-0.3, -0.25) is 0 Å². The molecule has 1 aliphatic heterocycles. The number of nitrogens with zero attached hydrogens (tertiary/aromatic N) is 2. The van der Waals surface area contributed by atoms with Crippen LogP contribution in [0.3, 0.4) is 0 Å². The Morgan fingerprint density at radius 1 is 0.529 bits per heavy atom. The summed E-state index contributed by atoms with van der Waals surface area (Å²) < 4.78 is 1.29. The fraction of sp³-hybridized carbons (Fsp3) is 0.417. The van der Waals surface area contributed by atoms with Crippen LogP contribution in [0.4, 0.5) is 0 Å². The summed E-state index contributed by atoms with van der Waals surface area (Å²) in [7, 11) is 7.00. The molecule has 0 radical (unpaired) electrons. The van der Waals surface area contributed by atoms with Gasteiger partial charge in [-0.1, -0.05) is 0 Å². The SMILES string of the molecule is CCC1=C2c3c(-c4ccc(C(C)(C)C)cc4)cccc3[CH]1[Zr+2][CH]1C(CC)=C(c3c(-c4ccc(C(C)(C)C)cc4)cccc31)C2C.C[N-]C.C[N-]C. The Kier molecular flexibility index (Phi) is 12.4. The summed E-state index contributed by atoms with van der Waals surface area (Å²) >= 11 is -0.938. The third-order valence-corrected chi connectivity index (χ3v) is 15.7. The van der Waals surface area contributed by atoms with Gasteiger partial charge < -0.3 is 10.6 Å². The van der Waals surface area contributed by atoms with Crippen LogP contribution in [-0.4, -0.2) is 28.2 Å². The molecule has 2 unspecified atom stereocenters.